The quantitative estimate of drug-likeness (QED) is 0.723. The van der Waals surface area contributed by atoms with Gasteiger partial charge in [-0.2, -0.15) is 0 Å². The van der Waals surface area contributed by atoms with Gasteiger partial charge in [0.2, 0.25) is 5.91 Å². The summed E-state index contributed by atoms with van der Waals surface area (Å²) in [7, 11) is 0. The molecule has 0 aliphatic heterocycles. The largest absolute Gasteiger partial charge is 0.450 e. The number of amides is 1. The number of carbonyl (C=O) groups is 3. The minimum Gasteiger partial charge on any atom is -0.450 e. The number of hydrogen-bond donors (Lipinski definition) is 1. The highest BCUT2D eigenvalue weighted by atomic mass is 16.6. The highest BCUT2D eigenvalue weighted by Crippen LogP contribution is 2.40. The van der Waals surface area contributed by atoms with Gasteiger partial charge in [-0.15, -0.1) is 0 Å². The molecule has 0 heterocycles. The molecule has 0 bridgehead atoms. The third kappa shape index (κ3) is 3.28. The van der Waals surface area contributed by atoms with E-state index in [0.717, 1.165) is 0 Å². The normalized spacial score (nSPS) is 18.4. The number of ether oxygens (including phenoxy) is 1. The minimum atomic E-state index is -0.914. The smallest absolute Gasteiger partial charge is 0.329 e. The number of carbonyl (C=O) groups excluding carboxylic acids is 3. The number of nitrogens with one attached hydrogen (secondary N) is 1. The number of rotatable bonds is 5. The van der Waals surface area contributed by atoms with Crippen LogP contribution in [0.3, 0.4) is 0 Å². The summed E-state index contributed by atoms with van der Waals surface area (Å²) >= 11 is 0. The molecule has 0 radical (unpaired) electrons. The van der Waals surface area contributed by atoms with Gasteiger partial charge >= 0.3 is 5.97 Å². The Kier molecular flexibility index (Phi) is 3.91. The van der Waals surface area contributed by atoms with Crippen LogP contribution >= 0.6 is 0 Å². The second kappa shape index (κ2) is 4.85. The Morgan fingerprint density at radius 1 is 1.18 bits per heavy atom. The van der Waals surface area contributed by atoms with Crippen molar-refractivity contribution in [1.82, 2.24) is 5.32 Å². The maximum Gasteiger partial charge on any atom is 0.329 e. The highest BCUT2D eigenvalue weighted by Gasteiger charge is 2.52. The number of ketones is 1. The summed E-state index contributed by atoms with van der Waals surface area (Å²) < 4.78 is 5.23. The van der Waals surface area contributed by atoms with Crippen LogP contribution in [-0.2, 0) is 19.1 Å². The van der Waals surface area contributed by atoms with Crippen molar-refractivity contribution in [3.8, 4) is 0 Å². The maximum absolute atomic E-state index is 11.9. The summed E-state index contributed by atoms with van der Waals surface area (Å²) in [6, 6.07) is -0.690. The van der Waals surface area contributed by atoms with E-state index >= 15 is 0 Å². The van der Waals surface area contributed by atoms with Crippen molar-refractivity contribution in [2.24, 2.45) is 5.92 Å². The van der Waals surface area contributed by atoms with Crippen LogP contribution in [0, 0.1) is 5.92 Å². The van der Waals surface area contributed by atoms with Crippen molar-refractivity contribution >= 4 is 17.7 Å². The summed E-state index contributed by atoms with van der Waals surface area (Å²) in [4.78, 5) is 34.2. The first kappa shape index (κ1) is 13.7. The first-order chi connectivity index (χ1) is 7.78. The average Bonchev–Trinajstić information content (AvgIpc) is 2.94. The van der Waals surface area contributed by atoms with Crippen LogP contribution < -0.4 is 5.32 Å². The summed E-state index contributed by atoms with van der Waals surface area (Å²) in [6.45, 7) is 6.40. The molecule has 1 amide bonds. The summed E-state index contributed by atoms with van der Waals surface area (Å²) in [5, 5.41) is 2.54. The van der Waals surface area contributed by atoms with Crippen molar-refractivity contribution in [2.45, 2.75) is 52.2 Å². The topological polar surface area (TPSA) is 72.5 Å². The third-order valence-electron chi connectivity index (χ3n) is 2.92. The lowest BCUT2D eigenvalue weighted by molar-refractivity contribution is -0.161. The maximum atomic E-state index is 11.9. The van der Waals surface area contributed by atoms with Gasteiger partial charge in [0.15, 0.2) is 11.4 Å². The van der Waals surface area contributed by atoms with E-state index in [1.54, 1.807) is 0 Å². The van der Waals surface area contributed by atoms with Crippen LogP contribution in [-0.4, -0.2) is 29.3 Å². The molecule has 1 unspecified atom stereocenters. The zero-order valence-corrected chi connectivity index (χ0v) is 10.7. The molecule has 1 fully saturated rings. The molecule has 5 heteroatoms. The minimum absolute atomic E-state index is 0.0749. The van der Waals surface area contributed by atoms with E-state index < -0.39 is 17.6 Å². The van der Waals surface area contributed by atoms with Gasteiger partial charge in [0.1, 0.15) is 6.04 Å². The molecule has 17 heavy (non-hydrogen) atoms. The van der Waals surface area contributed by atoms with Crippen LogP contribution in [0.15, 0.2) is 0 Å². The van der Waals surface area contributed by atoms with E-state index in [9.17, 15) is 14.4 Å². The van der Waals surface area contributed by atoms with Gasteiger partial charge in [0, 0.05) is 6.92 Å². The van der Waals surface area contributed by atoms with E-state index in [0.29, 0.717) is 12.8 Å². The van der Waals surface area contributed by atoms with E-state index in [4.69, 9.17) is 4.74 Å². The average molecular weight is 241 g/mol. The number of esters is 1. The Morgan fingerprint density at radius 3 is 2.00 bits per heavy atom. The zero-order chi connectivity index (χ0) is 13.2. The predicted molar refractivity (Wildman–Crippen MR) is 61.2 cm³/mol. The second-order valence-corrected chi connectivity index (χ2v) is 4.89. The monoisotopic (exact) mass is 241 g/mol. The molecule has 0 aromatic heterocycles. The van der Waals surface area contributed by atoms with E-state index in [1.165, 1.54) is 13.8 Å². The van der Waals surface area contributed by atoms with Gasteiger partial charge in [-0.05, 0) is 25.7 Å². The summed E-state index contributed by atoms with van der Waals surface area (Å²) in [5.41, 5.74) is -0.914. The van der Waals surface area contributed by atoms with Crippen LogP contribution in [0.25, 0.3) is 0 Å². The van der Waals surface area contributed by atoms with Crippen LogP contribution in [0.2, 0.25) is 0 Å². The zero-order valence-electron chi connectivity index (χ0n) is 10.7. The van der Waals surface area contributed by atoms with Gasteiger partial charge in [-0.1, -0.05) is 13.8 Å². The van der Waals surface area contributed by atoms with Crippen LogP contribution in [0.4, 0.5) is 0 Å². The lowest BCUT2D eigenvalue weighted by atomic mass is 10.0. The summed E-state index contributed by atoms with van der Waals surface area (Å²) in [5.74, 6) is -1.01. The molecule has 1 rings (SSSR count). The Labute approximate surface area is 101 Å². The van der Waals surface area contributed by atoms with Crippen LogP contribution in [0.1, 0.15) is 40.5 Å². The van der Waals surface area contributed by atoms with E-state index in [-0.39, 0.29) is 17.6 Å². The lowest BCUT2D eigenvalue weighted by Crippen LogP contribution is -2.46. The van der Waals surface area contributed by atoms with Crippen LogP contribution in [0.5, 0.6) is 0 Å². The molecule has 1 aliphatic rings. The van der Waals surface area contributed by atoms with Crippen molar-refractivity contribution in [3.63, 3.8) is 0 Å². The lowest BCUT2D eigenvalue weighted by Gasteiger charge is -2.22. The van der Waals surface area contributed by atoms with Crippen molar-refractivity contribution in [1.29, 1.82) is 0 Å². The van der Waals surface area contributed by atoms with Crippen molar-refractivity contribution < 1.29 is 19.1 Å². The molecule has 0 saturated heterocycles. The van der Waals surface area contributed by atoms with Gasteiger partial charge in [0.25, 0.3) is 0 Å². The fraction of sp³-hybridized carbons (Fsp3) is 0.750. The molecule has 1 atom stereocenters. The molecular formula is C12H19NO4. The van der Waals surface area contributed by atoms with Gasteiger partial charge in [0.05, 0.1) is 0 Å². The van der Waals surface area contributed by atoms with Crippen molar-refractivity contribution in [3.05, 3.63) is 0 Å². The molecule has 0 spiro atoms. The molecule has 1 saturated carbocycles. The fourth-order valence-corrected chi connectivity index (χ4v) is 1.61. The Bertz CT molecular complexity index is 344. The second-order valence-electron chi connectivity index (χ2n) is 4.89. The number of Topliss-reactive ketones (excluding diaryl/α,β-unsaturated/α-hetero) is 1. The standard InChI is InChI=1S/C12H19NO4/c1-7(2)10(13-9(4)15)11(16)17-12(5-6-12)8(3)14/h7,10H,5-6H2,1-4H3,(H,13,15). The molecule has 1 aliphatic carbocycles. The Balaban J connectivity index is 2.66. The molecule has 5 nitrogen and oxygen atoms in total. The first-order valence-corrected chi connectivity index (χ1v) is 5.79. The highest BCUT2D eigenvalue weighted by molar-refractivity contribution is 5.92. The summed E-state index contributed by atoms with van der Waals surface area (Å²) in [6.07, 6.45) is 1.16. The molecule has 96 valence electrons. The fourth-order valence-electron chi connectivity index (χ4n) is 1.61. The Hall–Kier alpha value is -1.39. The van der Waals surface area contributed by atoms with Crippen molar-refractivity contribution in [2.75, 3.05) is 0 Å². The van der Waals surface area contributed by atoms with E-state index in [2.05, 4.69) is 5.32 Å². The molecule has 0 aromatic carbocycles. The Morgan fingerprint density at radius 2 is 1.71 bits per heavy atom. The predicted octanol–water partition coefficient (Wildman–Crippen LogP) is 0.812. The van der Waals surface area contributed by atoms with Gasteiger partial charge < -0.3 is 10.1 Å². The molecule has 0 aromatic rings. The van der Waals surface area contributed by atoms with Gasteiger partial charge in [-0.25, -0.2) is 4.79 Å². The number of hydrogen-bond acceptors (Lipinski definition) is 4. The molecular weight excluding hydrogens is 222 g/mol. The SMILES string of the molecule is CC(=O)NC(C(=O)OC1(C(C)=O)CC1)C(C)C. The molecule has 1 N–H and O–H groups in total. The first-order valence-electron chi connectivity index (χ1n) is 5.79. The van der Waals surface area contributed by atoms with Gasteiger partial charge in [-0.3, -0.25) is 9.59 Å². The third-order valence-corrected chi connectivity index (χ3v) is 2.92. The van der Waals surface area contributed by atoms with E-state index in [1.807, 2.05) is 13.8 Å².